The monoisotopic (exact) mass is 320 g/mol. The summed E-state index contributed by atoms with van der Waals surface area (Å²) < 4.78 is 0. The Balaban J connectivity index is 1.82. The molecule has 122 valence electrons. The molecule has 0 saturated carbocycles. The summed E-state index contributed by atoms with van der Waals surface area (Å²) in [6.45, 7) is 7.12. The minimum Gasteiger partial charge on any atom is -0.352 e. The number of nitrogens with one attached hydrogen (secondary N) is 2. The van der Waals surface area contributed by atoms with Crippen molar-refractivity contribution in [1.29, 1.82) is 0 Å². The Hall–Kier alpha value is -1.00. The third-order valence-corrected chi connectivity index (χ3v) is 5.39. The van der Waals surface area contributed by atoms with Crippen LogP contribution >= 0.6 is 11.8 Å². The Morgan fingerprint density at radius 1 is 1.50 bits per heavy atom. The summed E-state index contributed by atoms with van der Waals surface area (Å²) in [7, 11) is 0. The third-order valence-electron chi connectivity index (χ3n) is 4.57. The number of amides is 1. The van der Waals surface area contributed by atoms with Crippen LogP contribution in [0.4, 0.5) is 0 Å². The maximum Gasteiger partial charge on any atom is 0.220 e. The number of carbonyl (C=O) groups excluding carboxylic acids is 1. The molecule has 1 saturated heterocycles. The molecule has 2 unspecified atom stereocenters. The molecule has 1 aromatic rings. The fourth-order valence-electron chi connectivity index (χ4n) is 3.09. The molecule has 0 aliphatic carbocycles. The van der Waals surface area contributed by atoms with Crippen molar-refractivity contribution < 1.29 is 4.79 Å². The van der Waals surface area contributed by atoms with Gasteiger partial charge in [0.05, 0.1) is 0 Å². The predicted octanol–water partition coefficient (Wildman–Crippen LogP) is 3.36. The van der Waals surface area contributed by atoms with Gasteiger partial charge in [-0.2, -0.15) is 0 Å². The zero-order valence-corrected chi connectivity index (χ0v) is 14.8. The highest BCUT2D eigenvalue weighted by molar-refractivity contribution is 7.98. The number of rotatable bonds is 6. The molecular weight excluding hydrogens is 292 g/mol. The van der Waals surface area contributed by atoms with Gasteiger partial charge in [0, 0.05) is 17.9 Å². The zero-order valence-electron chi connectivity index (χ0n) is 13.9. The van der Waals surface area contributed by atoms with E-state index in [0.29, 0.717) is 24.8 Å². The summed E-state index contributed by atoms with van der Waals surface area (Å²) in [5.74, 6) is 1.26. The minimum absolute atomic E-state index is 0.172. The van der Waals surface area contributed by atoms with E-state index in [1.165, 1.54) is 28.9 Å². The lowest BCUT2D eigenvalue weighted by molar-refractivity contribution is -0.122. The van der Waals surface area contributed by atoms with Crippen LogP contribution in [0.15, 0.2) is 23.1 Å². The molecule has 0 radical (unpaired) electrons. The Bertz CT molecular complexity index is 498. The second kappa shape index (κ2) is 8.59. The summed E-state index contributed by atoms with van der Waals surface area (Å²) in [5.41, 5.74) is 2.47. The first-order valence-electron chi connectivity index (χ1n) is 8.21. The second-order valence-electron chi connectivity index (χ2n) is 6.38. The lowest BCUT2D eigenvalue weighted by atomic mass is 9.85. The lowest BCUT2D eigenvalue weighted by Crippen LogP contribution is -2.35. The van der Waals surface area contributed by atoms with E-state index in [1.54, 1.807) is 11.8 Å². The van der Waals surface area contributed by atoms with Gasteiger partial charge in [0.15, 0.2) is 0 Å². The average molecular weight is 321 g/mol. The molecule has 0 spiro atoms. The largest absolute Gasteiger partial charge is 0.352 e. The number of carbonyl (C=O) groups is 1. The van der Waals surface area contributed by atoms with E-state index in [1.807, 2.05) is 0 Å². The highest BCUT2D eigenvalue weighted by Gasteiger charge is 2.21. The first kappa shape index (κ1) is 17.4. The molecule has 2 atom stereocenters. The van der Waals surface area contributed by atoms with Crippen molar-refractivity contribution in [1.82, 2.24) is 10.6 Å². The summed E-state index contributed by atoms with van der Waals surface area (Å²) in [6, 6.07) is 6.41. The van der Waals surface area contributed by atoms with E-state index < -0.39 is 0 Å². The van der Waals surface area contributed by atoms with Crippen LogP contribution in [0.5, 0.6) is 0 Å². The minimum atomic E-state index is 0.172. The molecule has 1 amide bonds. The van der Waals surface area contributed by atoms with Crippen molar-refractivity contribution in [2.75, 3.05) is 19.3 Å². The van der Waals surface area contributed by atoms with Crippen molar-refractivity contribution in [2.45, 2.75) is 44.6 Å². The summed E-state index contributed by atoms with van der Waals surface area (Å²) >= 11 is 1.74. The van der Waals surface area contributed by atoms with Gasteiger partial charge in [-0.3, -0.25) is 4.79 Å². The van der Waals surface area contributed by atoms with E-state index in [0.717, 1.165) is 13.1 Å². The normalized spacial score (nSPS) is 19.7. The van der Waals surface area contributed by atoms with Gasteiger partial charge < -0.3 is 10.6 Å². The van der Waals surface area contributed by atoms with E-state index in [9.17, 15) is 4.79 Å². The van der Waals surface area contributed by atoms with Gasteiger partial charge in [0.1, 0.15) is 0 Å². The van der Waals surface area contributed by atoms with Crippen LogP contribution < -0.4 is 10.6 Å². The Labute approximate surface area is 138 Å². The Morgan fingerprint density at radius 3 is 3.00 bits per heavy atom. The third kappa shape index (κ3) is 5.03. The van der Waals surface area contributed by atoms with Crippen LogP contribution in [-0.4, -0.2) is 25.3 Å². The number of aryl methyl sites for hydroxylation is 1. The maximum atomic E-state index is 12.2. The molecule has 1 aromatic carbocycles. The van der Waals surface area contributed by atoms with Gasteiger partial charge in [-0.15, -0.1) is 11.8 Å². The molecule has 0 bridgehead atoms. The number of piperidine rings is 1. The number of hydrogen-bond donors (Lipinski definition) is 2. The number of benzene rings is 1. The van der Waals surface area contributed by atoms with Gasteiger partial charge in [0.25, 0.3) is 0 Å². The van der Waals surface area contributed by atoms with Gasteiger partial charge in [-0.05, 0) is 68.1 Å². The van der Waals surface area contributed by atoms with E-state index in [2.05, 4.69) is 48.9 Å². The fraction of sp³-hybridized carbons (Fsp3) is 0.611. The van der Waals surface area contributed by atoms with Crippen molar-refractivity contribution >= 4 is 17.7 Å². The molecule has 3 nitrogen and oxygen atoms in total. The molecule has 4 heteroatoms. The fourth-order valence-corrected chi connectivity index (χ4v) is 3.79. The molecule has 1 fully saturated rings. The highest BCUT2D eigenvalue weighted by Crippen LogP contribution is 2.23. The average Bonchev–Trinajstić information content (AvgIpc) is 2.54. The Morgan fingerprint density at radius 2 is 2.32 bits per heavy atom. The van der Waals surface area contributed by atoms with Gasteiger partial charge in [0.2, 0.25) is 5.91 Å². The first-order valence-corrected chi connectivity index (χ1v) is 9.43. The van der Waals surface area contributed by atoms with Crippen LogP contribution in [-0.2, 0) is 11.3 Å². The van der Waals surface area contributed by atoms with Crippen LogP contribution in [0, 0.1) is 18.8 Å². The summed E-state index contributed by atoms with van der Waals surface area (Å²) in [4.78, 5) is 13.5. The summed E-state index contributed by atoms with van der Waals surface area (Å²) in [6.07, 6.45) is 5.19. The van der Waals surface area contributed by atoms with Crippen LogP contribution in [0.1, 0.15) is 37.3 Å². The highest BCUT2D eigenvalue weighted by atomic mass is 32.2. The smallest absolute Gasteiger partial charge is 0.220 e. The van der Waals surface area contributed by atoms with E-state index in [4.69, 9.17) is 0 Å². The number of thioether (sulfide) groups is 1. The molecule has 1 heterocycles. The number of hydrogen-bond acceptors (Lipinski definition) is 3. The summed E-state index contributed by atoms with van der Waals surface area (Å²) in [5, 5.41) is 6.52. The second-order valence-corrected chi connectivity index (χ2v) is 7.23. The van der Waals surface area contributed by atoms with Gasteiger partial charge >= 0.3 is 0 Å². The molecular formula is C18H28N2OS. The standard InChI is InChI=1S/C18H28N2OS/c1-13-6-7-16(17(9-13)22-3)12-20-18(21)10-14(2)15-5-4-8-19-11-15/h6-7,9,14-15,19H,4-5,8,10-12H2,1-3H3,(H,20,21). The zero-order chi connectivity index (χ0) is 15.9. The van der Waals surface area contributed by atoms with Crippen molar-refractivity contribution in [2.24, 2.45) is 11.8 Å². The maximum absolute atomic E-state index is 12.2. The Kier molecular flexibility index (Phi) is 6.77. The molecule has 2 N–H and O–H groups in total. The molecule has 2 rings (SSSR count). The van der Waals surface area contributed by atoms with Crippen molar-refractivity contribution in [3.63, 3.8) is 0 Å². The quantitative estimate of drug-likeness (QED) is 0.790. The topological polar surface area (TPSA) is 41.1 Å². The van der Waals surface area contributed by atoms with E-state index in [-0.39, 0.29) is 5.91 Å². The van der Waals surface area contributed by atoms with Crippen molar-refractivity contribution in [3.8, 4) is 0 Å². The van der Waals surface area contributed by atoms with E-state index >= 15 is 0 Å². The van der Waals surface area contributed by atoms with Gasteiger partial charge in [-0.1, -0.05) is 19.1 Å². The van der Waals surface area contributed by atoms with Crippen LogP contribution in [0.25, 0.3) is 0 Å². The predicted molar refractivity (Wildman–Crippen MR) is 94.2 cm³/mol. The molecule has 1 aliphatic rings. The first-order chi connectivity index (χ1) is 10.6. The SMILES string of the molecule is CSc1cc(C)ccc1CNC(=O)CC(C)C1CCCNC1. The van der Waals surface area contributed by atoms with Crippen LogP contribution in [0.3, 0.4) is 0 Å². The molecule has 0 aromatic heterocycles. The lowest BCUT2D eigenvalue weighted by Gasteiger charge is -2.28. The van der Waals surface area contributed by atoms with Gasteiger partial charge in [-0.25, -0.2) is 0 Å². The molecule has 22 heavy (non-hydrogen) atoms. The van der Waals surface area contributed by atoms with Crippen LogP contribution in [0.2, 0.25) is 0 Å². The molecule has 1 aliphatic heterocycles. The van der Waals surface area contributed by atoms with Crippen molar-refractivity contribution in [3.05, 3.63) is 29.3 Å².